The summed E-state index contributed by atoms with van der Waals surface area (Å²) in [6.07, 6.45) is 3.63. The highest BCUT2D eigenvalue weighted by Crippen LogP contribution is 2.31. The van der Waals surface area contributed by atoms with Gasteiger partial charge in [0.05, 0.1) is 0 Å². The molecule has 2 aromatic rings. The van der Waals surface area contributed by atoms with Gasteiger partial charge in [0.2, 0.25) is 0 Å². The van der Waals surface area contributed by atoms with Crippen molar-refractivity contribution < 1.29 is 0 Å². The van der Waals surface area contributed by atoms with Gasteiger partial charge in [-0.25, -0.2) is 0 Å². The monoisotopic (exact) mass is 337 g/mol. The minimum Gasteiger partial charge on any atom is -0.314 e. The van der Waals surface area contributed by atoms with Crippen LogP contribution in [0.5, 0.6) is 0 Å². The normalized spacial score (nSPS) is 14.8. The predicted octanol–water partition coefficient (Wildman–Crippen LogP) is 3.57. The van der Waals surface area contributed by atoms with Crippen molar-refractivity contribution in [2.75, 3.05) is 6.54 Å². The molecule has 1 heterocycles. The molecule has 5 heteroatoms. The zero-order chi connectivity index (χ0) is 13.2. The maximum Gasteiger partial charge on any atom is 0.148 e. The van der Waals surface area contributed by atoms with Crippen LogP contribution in [0, 0.1) is 6.92 Å². The summed E-state index contributed by atoms with van der Waals surface area (Å²) in [6.45, 7) is 3.10. The first-order valence-electron chi connectivity index (χ1n) is 6.54. The SMILES string of the molecule is Cc1ccc(Br)c(-c2nnc(CCNC3CC3)s2)c1. The van der Waals surface area contributed by atoms with E-state index in [0.29, 0.717) is 0 Å². The minimum absolute atomic E-state index is 0.762. The lowest BCUT2D eigenvalue weighted by molar-refractivity contribution is 0.677. The molecule has 1 aromatic carbocycles. The number of hydrogen-bond acceptors (Lipinski definition) is 4. The first kappa shape index (κ1) is 13.2. The molecule has 100 valence electrons. The van der Waals surface area contributed by atoms with Crippen LogP contribution in [0.25, 0.3) is 10.6 Å². The molecule has 3 nitrogen and oxygen atoms in total. The Morgan fingerprint density at radius 3 is 3.00 bits per heavy atom. The molecule has 1 fully saturated rings. The quantitative estimate of drug-likeness (QED) is 0.906. The number of aryl methyl sites for hydroxylation is 1. The van der Waals surface area contributed by atoms with Crippen molar-refractivity contribution in [3.8, 4) is 10.6 Å². The summed E-state index contributed by atoms with van der Waals surface area (Å²) in [7, 11) is 0. The number of rotatable bonds is 5. The molecule has 1 N–H and O–H groups in total. The van der Waals surface area contributed by atoms with Gasteiger partial charge >= 0.3 is 0 Å². The lowest BCUT2D eigenvalue weighted by atomic mass is 10.1. The van der Waals surface area contributed by atoms with Crippen molar-refractivity contribution >= 4 is 27.3 Å². The van der Waals surface area contributed by atoms with Crippen molar-refractivity contribution in [1.29, 1.82) is 0 Å². The Balaban J connectivity index is 1.70. The topological polar surface area (TPSA) is 37.8 Å². The van der Waals surface area contributed by atoms with Crippen LogP contribution in [-0.4, -0.2) is 22.8 Å². The summed E-state index contributed by atoms with van der Waals surface area (Å²) in [6, 6.07) is 7.07. The smallest absolute Gasteiger partial charge is 0.148 e. The maximum absolute atomic E-state index is 4.31. The van der Waals surface area contributed by atoms with E-state index in [1.807, 2.05) is 0 Å². The van der Waals surface area contributed by atoms with Gasteiger partial charge in [-0.1, -0.05) is 38.9 Å². The largest absolute Gasteiger partial charge is 0.314 e. The zero-order valence-corrected chi connectivity index (χ0v) is 13.2. The molecule has 0 unspecified atom stereocenters. The molecule has 0 spiro atoms. The zero-order valence-electron chi connectivity index (χ0n) is 10.8. The van der Waals surface area contributed by atoms with Crippen LogP contribution < -0.4 is 5.32 Å². The van der Waals surface area contributed by atoms with E-state index in [1.165, 1.54) is 18.4 Å². The van der Waals surface area contributed by atoms with E-state index in [1.54, 1.807) is 11.3 Å². The summed E-state index contributed by atoms with van der Waals surface area (Å²) in [5.74, 6) is 0. The fraction of sp³-hybridized carbons (Fsp3) is 0.429. The predicted molar refractivity (Wildman–Crippen MR) is 82.5 cm³/mol. The Hall–Kier alpha value is -0.780. The van der Waals surface area contributed by atoms with Crippen LogP contribution in [0.3, 0.4) is 0 Å². The van der Waals surface area contributed by atoms with Gasteiger partial charge in [0.15, 0.2) is 0 Å². The number of halogens is 1. The third kappa shape index (κ3) is 3.41. The summed E-state index contributed by atoms with van der Waals surface area (Å²) < 4.78 is 1.08. The molecule has 0 radical (unpaired) electrons. The highest BCUT2D eigenvalue weighted by Gasteiger charge is 2.20. The van der Waals surface area contributed by atoms with Crippen LogP contribution in [0.1, 0.15) is 23.4 Å². The van der Waals surface area contributed by atoms with Gasteiger partial charge in [-0.15, -0.1) is 10.2 Å². The second-order valence-corrected chi connectivity index (χ2v) is 6.88. The van der Waals surface area contributed by atoms with Gasteiger partial charge < -0.3 is 5.32 Å². The van der Waals surface area contributed by atoms with Crippen LogP contribution in [0.2, 0.25) is 0 Å². The minimum atomic E-state index is 0.762. The molecular formula is C14H16BrN3S. The molecule has 0 amide bonds. The Morgan fingerprint density at radius 1 is 1.37 bits per heavy atom. The van der Waals surface area contributed by atoms with Gasteiger partial charge in [0, 0.05) is 29.0 Å². The van der Waals surface area contributed by atoms with Crippen LogP contribution in [0.4, 0.5) is 0 Å². The van der Waals surface area contributed by atoms with E-state index >= 15 is 0 Å². The summed E-state index contributed by atoms with van der Waals surface area (Å²) >= 11 is 5.27. The second kappa shape index (κ2) is 5.69. The van der Waals surface area contributed by atoms with Crippen molar-refractivity contribution in [3.63, 3.8) is 0 Å². The third-order valence-corrected chi connectivity index (χ3v) is 4.88. The molecule has 1 aliphatic carbocycles. The number of aromatic nitrogens is 2. The van der Waals surface area contributed by atoms with Gasteiger partial charge in [-0.05, 0) is 31.9 Å². The molecular weight excluding hydrogens is 322 g/mol. The Labute approximate surface area is 125 Å². The van der Waals surface area contributed by atoms with Crippen molar-refractivity contribution in [2.45, 2.75) is 32.2 Å². The lowest BCUT2D eigenvalue weighted by Crippen LogP contribution is -2.19. The molecule has 1 aromatic heterocycles. The second-order valence-electron chi connectivity index (χ2n) is 4.96. The average molecular weight is 338 g/mol. The van der Waals surface area contributed by atoms with Crippen molar-refractivity contribution in [1.82, 2.24) is 15.5 Å². The van der Waals surface area contributed by atoms with E-state index in [-0.39, 0.29) is 0 Å². The number of benzene rings is 1. The maximum atomic E-state index is 4.31. The van der Waals surface area contributed by atoms with Gasteiger partial charge in [-0.2, -0.15) is 0 Å². The molecule has 0 atom stereocenters. The number of nitrogens with zero attached hydrogens (tertiary/aromatic N) is 2. The van der Waals surface area contributed by atoms with E-state index in [2.05, 4.69) is 56.6 Å². The fourth-order valence-corrected chi connectivity index (χ4v) is 3.37. The van der Waals surface area contributed by atoms with E-state index in [9.17, 15) is 0 Å². The summed E-state index contributed by atoms with van der Waals surface area (Å²) in [5.41, 5.74) is 2.38. The van der Waals surface area contributed by atoms with Gasteiger partial charge in [0.1, 0.15) is 10.0 Å². The molecule has 19 heavy (non-hydrogen) atoms. The average Bonchev–Trinajstić information content (AvgIpc) is 3.10. The summed E-state index contributed by atoms with van der Waals surface area (Å²) in [4.78, 5) is 0. The number of hydrogen-bond donors (Lipinski definition) is 1. The Morgan fingerprint density at radius 2 is 2.21 bits per heavy atom. The first-order chi connectivity index (χ1) is 9.22. The van der Waals surface area contributed by atoms with Crippen molar-refractivity contribution in [3.05, 3.63) is 33.2 Å². The van der Waals surface area contributed by atoms with Crippen molar-refractivity contribution in [2.24, 2.45) is 0 Å². The Kier molecular flexibility index (Phi) is 3.96. The van der Waals surface area contributed by atoms with Crippen LogP contribution >= 0.6 is 27.3 Å². The molecule has 0 saturated heterocycles. The fourth-order valence-electron chi connectivity index (χ4n) is 1.94. The van der Waals surface area contributed by atoms with E-state index < -0.39 is 0 Å². The third-order valence-electron chi connectivity index (χ3n) is 3.17. The molecule has 0 aliphatic heterocycles. The Bertz CT molecular complexity index is 578. The molecule has 1 aliphatic rings. The highest BCUT2D eigenvalue weighted by molar-refractivity contribution is 9.10. The highest BCUT2D eigenvalue weighted by atomic mass is 79.9. The van der Waals surface area contributed by atoms with E-state index in [0.717, 1.165) is 39.1 Å². The number of nitrogens with one attached hydrogen (secondary N) is 1. The van der Waals surface area contributed by atoms with Gasteiger partial charge in [0.25, 0.3) is 0 Å². The van der Waals surface area contributed by atoms with Crippen LogP contribution in [-0.2, 0) is 6.42 Å². The first-order valence-corrected chi connectivity index (χ1v) is 8.15. The van der Waals surface area contributed by atoms with Crippen LogP contribution in [0.15, 0.2) is 22.7 Å². The standard InChI is InChI=1S/C14H16BrN3S/c1-9-2-5-12(15)11(8-9)14-18-17-13(19-14)6-7-16-10-3-4-10/h2,5,8,10,16H,3-4,6-7H2,1H3. The molecule has 0 bridgehead atoms. The van der Waals surface area contributed by atoms with E-state index in [4.69, 9.17) is 0 Å². The van der Waals surface area contributed by atoms with Gasteiger partial charge in [-0.3, -0.25) is 0 Å². The summed E-state index contributed by atoms with van der Waals surface area (Å²) in [5, 5.41) is 14.2. The molecule has 3 rings (SSSR count). The lowest BCUT2D eigenvalue weighted by Gasteiger charge is -2.01. The molecule has 1 saturated carbocycles.